The van der Waals surface area contributed by atoms with E-state index in [2.05, 4.69) is 28.8 Å². The van der Waals surface area contributed by atoms with Gasteiger partial charge in [-0.1, -0.05) is 13.8 Å². The Bertz CT molecular complexity index is 376. The van der Waals surface area contributed by atoms with Crippen molar-refractivity contribution in [3.8, 4) is 0 Å². The fourth-order valence-corrected chi connectivity index (χ4v) is 1.14. The number of nitrogens with one attached hydrogen (secondary N) is 2. The first-order chi connectivity index (χ1) is 7.04. The van der Waals surface area contributed by atoms with Crippen molar-refractivity contribution >= 4 is 17.7 Å². The molecule has 1 unspecified atom stereocenters. The zero-order valence-corrected chi connectivity index (χ0v) is 9.76. The minimum absolute atomic E-state index is 0.445. The van der Waals surface area contributed by atoms with E-state index in [0.717, 1.165) is 12.2 Å². The van der Waals surface area contributed by atoms with Gasteiger partial charge in [-0.15, -0.1) is 0 Å². The Morgan fingerprint density at radius 3 is 2.87 bits per heavy atom. The van der Waals surface area contributed by atoms with Crippen molar-refractivity contribution in [3.63, 3.8) is 0 Å². The van der Waals surface area contributed by atoms with Crippen LogP contribution in [0.25, 0.3) is 0 Å². The van der Waals surface area contributed by atoms with E-state index in [1.807, 2.05) is 13.1 Å². The van der Waals surface area contributed by atoms with E-state index in [4.69, 9.17) is 5.41 Å². The van der Waals surface area contributed by atoms with Gasteiger partial charge < -0.3 is 10.4 Å². The average molecular weight is 206 g/mol. The van der Waals surface area contributed by atoms with Crippen molar-refractivity contribution in [2.24, 2.45) is 10.9 Å². The lowest BCUT2D eigenvalue weighted by molar-refractivity contribution is 0.754. The molecule has 0 spiro atoms. The molecular formula is C11H18N4. The molecule has 0 fully saturated rings. The summed E-state index contributed by atoms with van der Waals surface area (Å²) in [6.45, 7) is 7.83. The van der Waals surface area contributed by atoms with Crippen molar-refractivity contribution in [2.45, 2.75) is 34.1 Å². The van der Waals surface area contributed by atoms with Crippen LogP contribution in [0, 0.1) is 18.3 Å². The smallest absolute Gasteiger partial charge is 0.179 e. The first-order valence-corrected chi connectivity index (χ1v) is 5.21. The minimum Gasteiger partial charge on any atom is -0.339 e. The summed E-state index contributed by atoms with van der Waals surface area (Å²) in [4.78, 5) is 11.6. The lowest BCUT2D eigenvalue weighted by Crippen LogP contribution is -1.95. The number of aryl methyl sites for hydroxylation is 1. The Kier molecular flexibility index (Phi) is 3.77. The van der Waals surface area contributed by atoms with Gasteiger partial charge in [-0.3, -0.25) is 0 Å². The molecule has 1 rings (SSSR count). The molecule has 2 N–H and O–H groups in total. The van der Waals surface area contributed by atoms with Gasteiger partial charge in [-0.05, 0) is 26.2 Å². The molecule has 4 heteroatoms. The van der Waals surface area contributed by atoms with E-state index in [-0.39, 0.29) is 0 Å². The second-order valence-corrected chi connectivity index (χ2v) is 3.81. The van der Waals surface area contributed by atoms with E-state index in [1.54, 1.807) is 6.92 Å². The Hall–Kier alpha value is -1.45. The summed E-state index contributed by atoms with van der Waals surface area (Å²) in [5.74, 6) is 1.87. The zero-order chi connectivity index (χ0) is 11.4. The average Bonchev–Trinajstić information content (AvgIpc) is 2.56. The summed E-state index contributed by atoms with van der Waals surface area (Å²) in [5.41, 5.74) is 1.18. The van der Waals surface area contributed by atoms with Crippen LogP contribution in [0.5, 0.6) is 0 Å². The number of aromatic amines is 1. The van der Waals surface area contributed by atoms with Crippen LogP contribution < -0.4 is 0 Å². The van der Waals surface area contributed by atoms with Crippen LogP contribution in [0.15, 0.2) is 4.99 Å². The quantitative estimate of drug-likeness (QED) is 0.731. The van der Waals surface area contributed by atoms with Crippen LogP contribution in [0.2, 0.25) is 0 Å². The van der Waals surface area contributed by atoms with E-state index >= 15 is 0 Å². The number of aromatic nitrogens is 2. The highest BCUT2D eigenvalue weighted by Crippen LogP contribution is 2.16. The molecule has 4 nitrogen and oxygen atoms in total. The monoisotopic (exact) mass is 206 g/mol. The molecule has 1 heterocycles. The third-order valence-corrected chi connectivity index (χ3v) is 2.27. The third kappa shape index (κ3) is 3.01. The van der Waals surface area contributed by atoms with Crippen LogP contribution in [0.3, 0.4) is 0 Å². The predicted octanol–water partition coefficient (Wildman–Crippen LogP) is 2.85. The van der Waals surface area contributed by atoms with Crippen molar-refractivity contribution in [3.05, 3.63) is 11.5 Å². The maximum atomic E-state index is 7.58. The van der Waals surface area contributed by atoms with Crippen molar-refractivity contribution in [1.82, 2.24) is 9.97 Å². The number of imidazole rings is 1. The summed E-state index contributed by atoms with van der Waals surface area (Å²) in [7, 11) is 0. The number of aliphatic imine (C=N–C) groups is 1. The number of hydrogen-bond acceptors (Lipinski definition) is 3. The molecule has 1 aromatic rings. The van der Waals surface area contributed by atoms with Gasteiger partial charge in [0.15, 0.2) is 5.82 Å². The van der Waals surface area contributed by atoms with E-state index in [9.17, 15) is 0 Å². The maximum absolute atomic E-state index is 7.58. The normalized spacial score (nSPS) is 13.3. The highest BCUT2D eigenvalue weighted by molar-refractivity contribution is 5.98. The Morgan fingerprint density at radius 2 is 2.33 bits per heavy atom. The van der Waals surface area contributed by atoms with Crippen LogP contribution in [-0.4, -0.2) is 21.9 Å². The maximum Gasteiger partial charge on any atom is 0.179 e. The van der Waals surface area contributed by atoms with Gasteiger partial charge in [0.25, 0.3) is 0 Å². The zero-order valence-electron chi connectivity index (χ0n) is 9.76. The molecule has 0 aliphatic rings. The second kappa shape index (κ2) is 4.87. The highest BCUT2D eigenvalue weighted by Gasteiger charge is 2.08. The summed E-state index contributed by atoms with van der Waals surface area (Å²) in [6, 6.07) is 0. The number of nitrogens with zero attached hydrogens (tertiary/aromatic N) is 2. The first-order valence-electron chi connectivity index (χ1n) is 5.21. The SMILES string of the molecule is CCC(C)C=Nc1nc(C)[nH]c1C(C)=N. The molecule has 0 aliphatic heterocycles. The molecule has 0 saturated heterocycles. The topological polar surface area (TPSA) is 64.9 Å². The lowest BCUT2D eigenvalue weighted by atomic mass is 10.1. The Morgan fingerprint density at radius 1 is 1.67 bits per heavy atom. The third-order valence-electron chi connectivity index (χ3n) is 2.27. The summed E-state index contributed by atoms with van der Waals surface area (Å²) < 4.78 is 0. The van der Waals surface area contributed by atoms with E-state index < -0.39 is 0 Å². The molecule has 0 aromatic carbocycles. The molecule has 1 atom stereocenters. The van der Waals surface area contributed by atoms with Crippen molar-refractivity contribution in [1.29, 1.82) is 5.41 Å². The molecule has 82 valence electrons. The predicted molar refractivity (Wildman–Crippen MR) is 63.4 cm³/mol. The molecular weight excluding hydrogens is 188 g/mol. The van der Waals surface area contributed by atoms with Gasteiger partial charge in [0, 0.05) is 6.21 Å². The van der Waals surface area contributed by atoms with Gasteiger partial charge in [-0.25, -0.2) is 9.98 Å². The second-order valence-electron chi connectivity index (χ2n) is 3.81. The molecule has 15 heavy (non-hydrogen) atoms. The standard InChI is InChI=1S/C11H18N4/c1-5-7(2)6-13-11-10(8(3)12)14-9(4)15-11/h6-7,12H,5H2,1-4H3,(H,14,15). The lowest BCUT2D eigenvalue weighted by Gasteiger charge is -1.98. The highest BCUT2D eigenvalue weighted by atomic mass is 15.0. The summed E-state index contributed by atoms with van der Waals surface area (Å²) in [5, 5.41) is 7.58. The van der Waals surface area contributed by atoms with E-state index in [0.29, 0.717) is 23.1 Å². The number of rotatable bonds is 4. The fourth-order valence-electron chi connectivity index (χ4n) is 1.14. The largest absolute Gasteiger partial charge is 0.339 e. The Balaban J connectivity index is 2.93. The number of H-pyrrole nitrogens is 1. The number of hydrogen-bond donors (Lipinski definition) is 2. The molecule has 0 amide bonds. The van der Waals surface area contributed by atoms with Gasteiger partial charge >= 0.3 is 0 Å². The van der Waals surface area contributed by atoms with Gasteiger partial charge in [-0.2, -0.15) is 0 Å². The van der Waals surface area contributed by atoms with Gasteiger partial charge in [0.1, 0.15) is 11.5 Å². The molecule has 0 aliphatic carbocycles. The van der Waals surface area contributed by atoms with Crippen LogP contribution >= 0.6 is 0 Å². The fraction of sp³-hybridized carbons (Fsp3) is 0.545. The molecule has 0 bridgehead atoms. The first kappa shape index (κ1) is 11.6. The molecule has 0 saturated carbocycles. The minimum atomic E-state index is 0.445. The molecule has 0 radical (unpaired) electrons. The van der Waals surface area contributed by atoms with Crippen molar-refractivity contribution < 1.29 is 0 Å². The van der Waals surface area contributed by atoms with Gasteiger partial charge in [0.05, 0.1) is 5.71 Å². The van der Waals surface area contributed by atoms with Crippen LogP contribution in [-0.2, 0) is 0 Å². The van der Waals surface area contributed by atoms with Crippen LogP contribution in [0.1, 0.15) is 38.7 Å². The summed E-state index contributed by atoms with van der Waals surface area (Å²) >= 11 is 0. The Labute approximate surface area is 90.4 Å². The van der Waals surface area contributed by atoms with E-state index in [1.165, 1.54) is 0 Å². The molecule has 1 aromatic heterocycles. The van der Waals surface area contributed by atoms with Crippen LogP contribution in [0.4, 0.5) is 5.82 Å². The summed E-state index contributed by atoms with van der Waals surface area (Å²) in [6.07, 6.45) is 2.95. The van der Waals surface area contributed by atoms with Crippen molar-refractivity contribution in [2.75, 3.05) is 0 Å². The van der Waals surface area contributed by atoms with Gasteiger partial charge in [0.2, 0.25) is 0 Å².